The third-order valence-corrected chi connectivity index (χ3v) is 0.886. The first kappa shape index (κ1) is 27.4. The zero-order chi connectivity index (χ0) is 15.9. The van der Waals surface area contributed by atoms with Crippen molar-refractivity contribution in [3.63, 3.8) is 0 Å². The maximum Gasteiger partial charge on any atom is 0.324 e. The van der Waals surface area contributed by atoms with Crippen molar-refractivity contribution in [1.82, 2.24) is 0 Å². The lowest BCUT2D eigenvalue weighted by Crippen LogP contribution is -1.91. The van der Waals surface area contributed by atoms with Crippen LogP contribution in [-0.2, 0) is 14.2 Å². The lowest BCUT2D eigenvalue weighted by molar-refractivity contribution is 0.135. The summed E-state index contributed by atoms with van der Waals surface area (Å²) in [5.74, 6) is 0. The Balaban J connectivity index is -0.0000000793. The third-order valence-electron chi connectivity index (χ3n) is 0.886. The van der Waals surface area contributed by atoms with E-state index in [0.717, 1.165) is 0 Å². The molecule has 0 heterocycles. The van der Waals surface area contributed by atoms with Crippen LogP contribution in [0.15, 0.2) is 0 Å². The molecule has 0 aromatic heterocycles. The van der Waals surface area contributed by atoms with Gasteiger partial charge in [0.25, 0.3) is 0 Å². The second-order valence-corrected chi connectivity index (χ2v) is 2.95. The maximum absolute atomic E-state index is 7.94. The van der Waals surface area contributed by atoms with E-state index in [2.05, 4.69) is 14.2 Å². The van der Waals surface area contributed by atoms with Crippen molar-refractivity contribution in [3.05, 3.63) is 0 Å². The molecular formula is C9H27O9P. The van der Waals surface area contributed by atoms with Crippen molar-refractivity contribution in [2.75, 3.05) is 61.0 Å². The van der Waals surface area contributed by atoms with E-state index in [4.69, 9.17) is 30.0 Å². The average molecular weight is 310 g/mol. The summed E-state index contributed by atoms with van der Waals surface area (Å²) in [4.78, 5) is 21.7. The Morgan fingerprint density at radius 2 is 0.789 bits per heavy atom. The summed E-state index contributed by atoms with van der Waals surface area (Å²) in [7, 11) is 2.04. The molecule has 0 aliphatic carbocycles. The Morgan fingerprint density at radius 3 is 0.789 bits per heavy atom. The zero-order valence-corrected chi connectivity index (χ0v) is 12.5. The van der Waals surface area contributed by atoms with Gasteiger partial charge in [-0.05, 0) is 0 Å². The highest BCUT2D eigenvalue weighted by atomic mass is 31.2. The number of aliphatic hydroxyl groups excluding tert-OH is 3. The highest BCUT2D eigenvalue weighted by molar-refractivity contribution is 7.38. The van der Waals surface area contributed by atoms with Gasteiger partial charge < -0.3 is 44.2 Å². The van der Waals surface area contributed by atoms with E-state index in [1.165, 1.54) is 0 Å². The molecule has 10 heteroatoms. The number of methoxy groups -OCH3 is 3. The largest absolute Gasteiger partial charge is 0.394 e. The van der Waals surface area contributed by atoms with Gasteiger partial charge in [0, 0.05) is 21.3 Å². The van der Waals surface area contributed by atoms with Gasteiger partial charge in [-0.15, -0.1) is 0 Å². The van der Waals surface area contributed by atoms with Gasteiger partial charge in [-0.2, -0.15) is 0 Å². The quantitative estimate of drug-likeness (QED) is 0.308. The lowest BCUT2D eigenvalue weighted by atomic mass is 10.8. The van der Waals surface area contributed by atoms with E-state index < -0.39 is 8.60 Å². The molecule has 0 aromatic carbocycles. The molecule has 0 rings (SSSR count). The molecule has 9 nitrogen and oxygen atoms in total. The molecule has 0 fully saturated rings. The molecule has 0 spiro atoms. The van der Waals surface area contributed by atoms with Crippen molar-refractivity contribution in [1.29, 1.82) is 0 Å². The van der Waals surface area contributed by atoms with Crippen LogP contribution in [0.3, 0.4) is 0 Å². The molecule has 122 valence electrons. The zero-order valence-electron chi connectivity index (χ0n) is 11.6. The summed E-state index contributed by atoms with van der Waals surface area (Å²) in [5.41, 5.74) is 0. The predicted molar refractivity (Wildman–Crippen MR) is 70.5 cm³/mol. The minimum absolute atomic E-state index is 0.122. The van der Waals surface area contributed by atoms with Crippen molar-refractivity contribution >= 4 is 8.60 Å². The van der Waals surface area contributed by atoms with E-state index in [1.807, 2.05) is 0 Å². The average Bonchev–Trinajstić information content (AvgIpc) is 2.33. The van der Waals surface area contributed by atoms with Crippen LogP contribution in [-0.4, -0.2) is 91.0 Å². The predicted octanol–water partition coefficient (Wildman–Crippen LogP) is -1.93. The molecule has 0 aliphatic rings. The Bertz CT molecular complexity index is 84.7. The molecule has 0 bridgehead atoms. The first-order valence-corrected chi connectivity index (χ1v) is 6.34. The van der Waals surface area contributed by atoms with Crippen LogP contribution in [0, 0.1) is 0 Å². The minimum atomic E-state index is -2.62. The molecule has 6 N–H and O–H groups in total. The summed E-state index contributed by atoms with van der Waals surface area (Å²) in [6.45, 7) is 1.70. The van der Waals surface area contributed by atoms with Crippen LogP contribution in [0.2, 0.25) is 0 Å². The van der Waals surface area contributed by atoms with E-state index >= 15 is 0 Å². The van der Waals surface area contributed by atoms with Crippen LogP contribution in [0.4, 0.5) is 0 Å². The van der Waals surface area contributed by atoms with Gasteiger partial charge in [0.05, 0.1) is 39.6 Å². The number of hydrogen-bond donors (Lipinski definition) is 6. The summed E-state index contributed by atoms with van der Waals surface area (Å²) in [6.07, 6.45) is 0. The molecular weight excluding hydrogens is 283 g/mol. The number of ether oxygens (including phenoxy) is 3. The minimum Gasteiger partial charge on any atom is -0.394 e. The van der Waals surface area contributed by atoms with Crippen LogP contribution in [0.25, 0.3) is 0 Å². The van der Waals surface area contributed by atoms with E-state index in [0.29, 0.717) is 19.8 Å². The molecule has 0 saturated carbocycles. The lowest BCUT2D eigenvalue weighted by Gasteiger charge is -1.84. The summed E-state index contributed by atoms with van der Waals surface area (Å²) in [5, 5.41) is 23.8. The van der Waals surface area contributed by atoms with Crippen LogP contribution in [0.5, 0.6) is 0 Å². The molecule has 19 heavy (non-hydrogen) atoms. The fourth-order valence-electron chi connectivity index (χ4n) is 0.274. The number of aliphatic hydroxyl groups is 3. The fraction of sp³-hybridized carbons (Fsp3) is 1.00. The summed E-state index contributed by atoms with van der Waals surface area (Å²) in [6, 6.07) is 0. The van der Waals surface area contributed by atoms with Crippen LogP contribution < -0.4 is 0 Å². The van der Waals surface area contributed by atoms with Gasteiger partial charge in [-0.25, -0.2) is 0 Å². The second-order valence-electron chi connectivity index (χ2n) is 2.42. The Hall–Kier alpha value is 0.0700. The van der Waals surface area contributed by atoms with Crippen molar-refractivity contribution in [2.24, 2.45) is 0 Å². The van der Waals surface area contributed by atoms with Gasteiger partial charge in [-0.1, -0.05) is 0 Å². The van der Waals surface area contributed by atoms with Crippen LogP contribution >= 0.6 is 8.60 Å². The molecule has 0 aromatic rings. The van der Waals surface area contributed by atoms with Gasteiger partial charge >= 0.3 is 8.60 Å². The van der Waals surface area contributed by atoms with Gasteiger partial charge in [0.1, 0.15) is 0 Å². The molecule has 0 saturated heterocycles. The molecule has 0 radical (unpaired) electrons. The van der Waals surface area contributed by atoms with Crippen molar-refractivity contribution < 1.29 is 44.2 Å². The Morgan fingerprint density at radius 1 is 0.632 bits per heavy atom. The molecule has 0 amide bonds. The highest BCUT2D eigenvalue weighted by Crippen LogP contribution is 2.11. The van der Waals surface area contributed by atoms with E-state index in [-0.39, 0.29) is 19.8 Å². The van der Waals surface area contributed by atoms with E-state index in [9.17, 15) is 0 Å². The standard InChI is InChI=1S/3C3H8O2.H3O3P/c3*1-5-3-2-4;1-4(2)3/h3*4H,2-3H2,1H3;1-3H. The molecule has 0 aliphatic heterocycles. The maximum atomic E-state index is 7.94. The normalized spacial score (nSPS) is 8.53. The summed E-state index contributed by atoms with van der Waals surface area (Å²) >= 11 is 0. The number of rotatable bonds is 6. The Kier molecular flexibility index (Phi) is 52.2. The monoisotopic (exact) mass is 310 g/mol. The van der Waals surface area contributed by atoms with E-state index in [1.54, 1.807) is 21.3 Å². The van der Waals surface area contributed by atoms with Crippen LogP contribution in [0.1, 0.15) is 0 Å². The molecule has 0 atom stereocenters. The first-order chi connectivity index (χ1) is 8.97. The highest BCUT2D eigenvalue weighted by Gasteiger charge is 1.76. The number of hydrogen-bond acceptors (Lipinski definition) is 9. The Labute approximate surface area is 115 Å². The third kappa shape index (κ3) is 127. The van der Waals surface area contributed by atoms with Gasteiger partial charge in [-0.3, -0.25) is 0 Å². The smallest absolute Gasteiger partial charge is 0.324 e. The van der Waals surface area contributed by atoms with Gasteiger partial charge in [0.15, 0.2) is 0 Å². The van der Waals surface area contributed by atoms with Crippen molar-refractivity contribution in [2.45, 2.75) is 0 Å². The fourth-order valence-corrected chi connectivity index (χ4v) is 0.274. The molecule has 0 unspecified atom stereocenters. The summed E-state index contributed by atoms with van der Waals surface area (Å²) < 4.78 is 13.3. The SMILES string of the molecule is COCCO.COCCO.COCCO.OP(O)O. The van der Waals surface area contributed by atoms with Crippen molar-refractivity contribution in [3.8, 4) is 0 Å². The van der Waals surface area contributed by atoms with Gasteiger partial charge in [0.2, 0.25) is 0 Å². The first-order valence-electron chi connectivity index (χ1n) is 5.14. The topological polar surface area (TPSA) is 149 Å². The second kappa shape index (κ2) is 36.1.